The molecule has 1 aromatic carbocycles. The summed E-state index contributed by atoms with van der Waals surface area (Å²) in [5, 5.41) is 8.22. The minimum atomic E-state index is 0.595. The molecule has 1 aliphatic carbocycles. The van der Waals surface area contributed by atoms with Crippen molar-refractivity contribution < 1.29 is 0 Å². The smallest absolute Gasteiger partial charge is 0.191 e. The van der Waals surface area contributed by atoms with Gasteiger partial charge in [0.2, 0.25) is 0 Å². The van der Waals surface area contributed by atoms with E-state index in [4.69, 9.17) is 0 Å². The van der Waals surface area contributed by atoms with E-state index in [2.05, 4.69) is 70.1 Å². The van der Waals surface area contributed by atoms with Gasteiger partial charge in [0.05, 0.1) is 0 Å². The molecule has 0 bridgehead atoms. The van der Waals surface area contributed by atoms with Gasteiger partial charge in [-0.2, -0.15) is 0 Å². The zero-order chi connectivity index (χ0) is 16.9. The van der Waals surface area contributed by atoms with Crippen LogP contribution in [0.25, 0.3) is 10.9 Å². The summed E-state index contributed by atoms with van der Waals surface area (Å²) < 4.78 is 0. The lowest BCUT2D eigenvalue weighted by atomic mass is 10.1. The molecule has 0 saturated heterocycles. The first-order valence-electron chi connectivity index (χ1n) is 8.85. The number of rotatable bonds is 7. The van der Waals surface area contributed by atoms with Gasteiger partial charge >= 0.3 is 0 Å². The third-order valence-corrected chi connectivity index (χ3v) is 4.89. The Hall–Kier alpha value is -2.01. The molecular weight excluding hydrogens is 298 g/mol. The number of benzene rings is 1. The summed E-state index contributed by atoms with van der Waals surface area (Å²) in [4.78, 5) is 10.0. The molecule has 3 N–H and O–H groups in total. The molecule has 1 unspecified atom stereocenters. The number of H-pyrrole nitrogens is 1. The molecule has 3 rings (SSSR count). The van der Waals surface area contributed by atoms with Gasteiger partial charge in [-0.1, -0.05) is 18.2 Å². The van der Waals surface area contributed by atoms with Crippen LogP contribution in [0.5, 0.6) is 0 Å². The van der Waals surface area contributed by atoms with Crippen molar-refractivity contribution in [3.8, 4) is 0 Å². The minimum Gasteiger partial charge on any atom is -0.361 e. The zero-order valence-electron chi connectivity index (χ0n) is 15.0. The molecule has 0 spiro atoms. The van der Waals surface area contributed by atoms with Gasteiger partial charge in [-0.15, -0.1) is 0 Å². The first-order chi connectivity index (χ1) is 11.7. The van der Waals surface area contributed by atoms with Crippen LogP contribution >= 0.6 is 0 Å². The van der Waals surface area contributed by atoms with Crippen LogP contribution in [0.15, 0.2) is 35.5 Å². The van der Waals surface area contributed by atoms with Crippen molar-refractivity contribution in [2.24, 2.45) is 10.9 Å². The van der Waals surface area contributed by atoms with E-state index in [0.717, 1.165) is 31.4 Å². The van der Waals surface area contributed by atoms with Crippen molar-refractivity contribution >= 4 is 16.9 Å². The second kappa shape index (κ2) is 7.71. The zero-order valence-corrected chi connectivity index (χ0v) is 15.0. The molecule has 2 aromatic rings. The summed E-state index contributed by atoms with van der Waals surface area (Å²) in [6.45, 7) is 1.82. The van der Waals surface area contributed by atoms with Crippen LogP contribution in [-0.2, 0) is 6.42 Å². The van der Waals surface area contributed by atoms with Crippen LogP contribution in [0.2, 0.25) is 0 Å². The summed E-state index contributed by atoms with van der Waals surface area (Å²) in [5.74, 6) is 1.74. The van der Waals surface area contributed by atoms with E-state index in [1.807, 2.05) is 7.05 Å². The van der Waals surface area contributed by atoms with E-state index in [1.54, 1.807) is 0 Å². The Morgan fingerprint density at radius 2 is 2.08 bits per heavy atom. The number of fused-ring (bicyclic) bond motifs is 1. The fourth-order valence-electron chi connectivity index (χ4n) is 3.33. The largest absolute Gasteiger partial charge is 0.361 e. The second-order valence-corrected chi connectivity index (χ2v) is 6.86. The number of aromatic nitrogens is 1. The molecule has 130 valence electrons. The summed E-state index contributed by atoms with van der Waals surface area (Å²) in [7, 11) is 6.17. The van der Waals surface area contributed by atoms with Crippen molar-refractivity contribution in [1.82, 2.24) is 20.5 Å². The number of likely N-dealkylation sites (N-methyl/N-ethyl adjacent to an activating group) is 1. The van der Waals surface area contributed by atoms with Gasteiger partial charge in [0, 0.05) is 43.3 Å². The van der Waals surface area contributed by atoms with E-state index in [0.29, 0.717) is 6.04 Å². The summed E-state index contributed by atoms with van der Waals surface area (Å²) in [6.07, 6.45) is 5.80. The van der Waals surface area contributed by atoms with Gasteiger partial charge in [0.1, 0.15) is 0 Å². The minimum absolute atomic E-state index is 0.595. The number of hydrogen-bond donors (Lipinski definition) is 3. The Balaban J connectivity index is 1.47. The van der Waals surface area contributed by atoms with Crippen molar-refractivity contribution in [3.05, 3.63) is 36.0 Å². The summed E-state index contributed by atoms with van der Waals surface area (Å²) >= 11 is 0. The van der Waals surface area contributed by atoms with E-state index in [-0.39, 0.29) is 0 Å². The van der Waals surface area contributed by atoms with E-state index >= 15 is 0 Å². The van der Waals surface area contributed by atoms with Gasteiger partial charge < -0.3 is 20.5 Å². The lowest BCUT2D eigenvalue weighted by Gasteiger charge is -2.25. The van der Waals surface area contributed by atoms with Gasteiger partial charge in [-0.3, -0.25) is 4.99 Å². The summed E-state index contributed by atoms with van der Waals surface area (Å²) in [5.41, 5.74) is 2.55. The number of nitrogens with one attached hydrogen (secondary N) is 3. The Labute approximate surface area is 144 Å². The third kappa shape index (κ3) is 4.09. The highest BCUT2D eigenvalue weighted by Crippen LogP contribution is 2.34. The fraction of sp³-hybridized carbons (Fsp3) is 0.526. The first kappa shape index (κ1) is 16.8. The lowest BCUT2D eigenvalue weighted by Crippen LogP contribution is -2.46. The van der Waals surface area contributed by atoms with Gasteiger partial charge in [-0.25, -0.2) is 0 Å². The number of hydrogen-bond acceptors (Lipinski definition) is 2. The molecule has 1 aliphatic rings. The molecule has 1 fully saturated rings. The molecule has 0 amide bonds. The molecule has 1 atom stereocenters. The van der Waals surface area contributed by atoms with E-state index in [1.165, 1.54) is 29.3 Å². The molecule has 5 heteroatoms. The maximum Gasteiger partial charge on any atom is 0.191 e. The van der Waals surface area contributed by atoms with Crippen LogP contribution in [-0.4, -0.2) is 56.1 Å². The van der Waals surface area contributed by atoms with Crippen LogP contribution in [0.1, 0.15) is 18.4 Å². The van der Waals surface area contributed by atoms with E-state index < -0.39 is 0 Å². The maximum atomic E-state index is 4.35. The lowest BCUT2D eigenvalue weighted by molar-refractivity contribution is 0.264. The Morgan fingerprint density at radius 3 is 2.79 bits per heavy atom. The molecular formula is C19H29N5. The normalized spacial score (nSPS) is 16.6. The summed E-state index contributed by atoms with van der Waals surface area (Å²) in [6, 6.07) is 9.04. The molecule has 1 aromatic heterocycles. The van der Waals surface area contributed by atoms with Crippen molar-refractivity contribution in [2.75, 3.05) is 34.2 Å². The topological polar surface area (TPSA) is 55.5 Å². The average molecular weight is 327 g/mol. The first-order valence-corrected chi connectivity index (χ1v) is 8.85. The van der Waals surface area contributed by atoms with Gasteiger partial charge in [0.25, 0.3) is 0 Å². The van der Waals surface area contributed by atoms with Crippen molar-refractivity contribution in [1.29, 1.82) is 0 Å². The predicted molar refractivity (Wildman–Crippen MR) is 102 cm³/mol. The molecule has 1 heterocycles. The highest BCUT2D eigenvalue weighted by Gasteiger charge is 2.32. The second-order valence-electron chi connectivity index (χ2n) is 6.86. The van der Waals surface area contributed by atoms with Gasteiger partial charge in [-0.05, 0) is 50.9 Å². The fourth-order valence-corrected chi connectivity index (χ4v) is 3.33. The van der Waals surface area contributed by atoms with E-state index in [9.17, 15) is 0 Å². The van der Waals surface area contributed by atoms with Crippen molar-refractivity contribution in [3.63, 3.8) is 0 Å². The standard InChI is InChI=1S/C19H29N5/c1-20-19(23-13-18(24(2)3)14-8-9-14)21-11-10-15-12-22-17-7-5-4-6-16(15)17/h4-7,12,14,18,22H,8-11,13H2,1-3H3,(H2,20,21,23). The Bertz CT molecular complexity index is 682. The maximum absolute atomic E-state index is 4.35. The van der Waals surface area contributed by atoms with Gasteiger partial charge in [0.15, 0.2) is 5.96 Å². The molecule has 24 heavy (non-hydrogen) atoms. The van der Waals surface area contributed by atoms with Crippen LogP contribution in [0.3, 0.4) is 0 Å². The van der Waals surface area contributed by atoms with Crippen LogP contribution in [0.4, 0.5) is 0 Å². The number of aromatic amines is 1. The third-order valence-electron chi connectivity index (χ3n) is 4.89. The van der Waals surface area contributed by atoms with Crippen LogP contribution < -0.4 is 10.6 Å². The molecule has 1 saturated carbocycles. The SMILES string of the molecule is CN=C(NCCc1c[nH]c2ccccc12)NCC(C1CC1)N(C)C. The molecule has 5 nitrogen and oxygen atoms in total. The number of aliphatic imine (C=N–C) groups is 1. The average Bonchev–Trinajstić information content (AvgIpc) is 3.33. The highest BCUT2D eigenvalue weighted by atomic mass is 15.2. The highest BCUT2D eigenvalue weighted by molar-refractivity contribution is 5.83. The Morgan fingerprint density at radius 1 is 1.29 bits per heavy atom. The molecule has 0 aliphatic heterocycles. The molecule has 0 radical (unpaired) electrons. The number of guanidine groups is 1. The quantitative estimate of drug-likeness (QED) is 0.540. The number of nitrogens with zero attached hydrogens (tertiary/aromatic N) is 2. The Kier molecular flexibility index (Phi) is 5.41. The van der Waals surface area contributed by atoms with Crippen molar-refractivity contribution in [2.45, 2.75) is 25.3 Å². The van der Waals surface area contributed by atoms with Crippen LogP contribution in [0, 0.1) is 5.92 Å². The predicted octanol–water partition coefficient (Wildman–Crippen LogP) is 2.22. The number of para-hydroxylation sites is 1. The monoisotopic (exact) mass is 327 g/mol.